The molecule has 1 aliphatic rings. The molecule has 5 heteroatoms. The van der Waals surface area contributed by atoms with E-state index >= 15 is 0 Å². The SMILES string of the molecule is NCc1ccc(F)c(CN2CCCN(CCO)CC2)c1. The Labute approximate surface area is 120 Å². The zero-order valence-electron chi connectivity index (χ0n) is 11.9. The highest BCUT2D eigenvalue weighted by Gasteiger charge is 2.16. The van der Waals surface area contributed by atoms with Gasteiger partial charge in [0.25, 0.3) is 0 Å². The van der Waals surface area contributed by atoms with Gasteiger partial charge in [0.1, 0.15) is 5.82 Å². The van der Waals surface area contributed by atoms with Crippen LogP contribution >= 0.6 is 0 Å². The first kappa shape index (κ1) is 15.4. The number of benzene rings is 1. The number of nitrogens with two attached hydrogens (primary N) is 1. The standard InChI is InChI=1S/C15H24FN3O/c16-15-3-2-13(11-17)10-14(15)12-19-5-1-4-18(6-7-19)8-9-20/h2-3,10,20H,1,4-9,11-12,17H2. The van der Waals surface area contributed by atoms with Gasteiger partial charge in [-0.15, -0.1) is 0 Å². The molecule has 0 aromatic heterocycles. The second-order valence-corrected chi connectivity index (χ2v) is 5.32. The molecule has 0 atom stereocenters. The average molecular weight is 281 g/mol. The van der Waals surface area contributed by atoms with E-state index in [-0.39, 0.29) is 12.4 Å². The minimum atomic E-state index is -0.154. The van der Waals surface area contributed by atoms with Crippen molar-refractivity contribution in [1.29, 1.82) is 0 Å². The van der Waals surface area contributed by atoms with Crippen LogP contribution in [0.1, 0.15) is 17.5 Å². The fraction of sp³-hybridized carbons (Fsp3) is 0.600. The lowest BCUT2D eigenvalue weighted by atomic mass is 10.1. The van der Waals surface area contributed by atoms with E-state index in [0.717, 1.165) is 50.3 Å². The lowest BCUT2D eigenvalue weighted by Crippen LogP contribution is -2.32. The largest absolute Gasteiger partial charge is 0.395 e. The maximum Gasteiger partial charge on any atom is 0.127 e. The van der Waals surface area contributed by atoms with Crippen LogP contribution in [-0.2, 0) is 13.1 Å². The number of β-amino-alcohol motifs (C(OH)–C–C–N with tert-alkyl or cyclic N) is 1. The van der Waals surface area contributed by atoms with Gasteiger partial charge in [0.15, 0.2) is 0 Å². The smallest absolute Gasteiger partial charge is 0.127 e. The van der Waals surface area contributed by atoms with Gasteiger partial charge in [-0.3, -0.25) is 9.80 Å². The summed E-state index contributed by atoms with van der Waals surface area (Å²) >= 11 is 0. The summed E-state index contributed by atoms with van der Waals surface area (Å²) in [6.07, 6.45) is 1.05. The van der Waals surface area contributed by atoms with Crippen molar-refractivity contribution in [3.05, 3.63) is 35.1 Å². The molecule has 1 aromatic carbocycles. The summed E-state index contributed by atoms with van der Waals surface area (Å²) in [5, 5.41) is 8.99. The quantitative estimate of drug-likeness (QED) is 0.837. The van der Waals surface area contributed by atoms with Crippen molar-refractivity contribution in [2.75, 3.05) is 39.3 Å². The number of hydrogen-bond acceptors (Lipinski definition) is 4. The molecule has 0 amide bonds. The first-order chi connectivity index (χ1) is 9.72. The zero-order chi connectivity index (χ0) is 14.4. The fourth-order valence-corrected chi connectivity index (χ4v) is 2.66. The summed E-state index contributed by atoms with van der Waals surface area (Å²) in [6.45, 7) is 5.81. The Morgan fingerprint density at radius 2 is 1.90 bits per heavy atom. The van der Waals surface area contributed by atoms with Gasteiger partial charge < -0.3 is 10.8 Å². The zero-order valence-corrected chi connectivity index (χ0v) is 11.9. The normalized spacial score (nSPS) is 18.1. The molecule has 0 aliphatic carbocycles. The molecule has 2 rings (SSSR count). The minimum Gasteiger partial charge on any atom is -0.395 e. The molecule has 0 bridgehead atoms. The van der Waals surface area contributed by atoms with Crippen molar-refractivity contribution >= 4 is 0 Å². The van der Waals surface area contributed by atoms with Crippen molar-refractivity contribution in [2.24, 2.45) is 5.73 Å². The van der Waals surface area contributed by atoms with Gasteiger partial charge in [-0.25, -0.2) is 4.39 Å². The lowest BCUT2D eigenvalue weighted by molar-refractivity contribution is 0.195. The Kier molecular flexibility index (Phi) is 5.91. The van der Waals surface area contributed by atoms with E-state index in [0.29, 0.717) is 13.1 Å². The highest BCUT2D eigenvalue weighted by Crippen LogP contribution is 2.14. The predicted octanol–water partition coefficient (Wildman–Crippen LogP) is 0.784. The van der Waals surface area contributed by atoms with Crippen LogP contribution in [0.3, 0.4) is 0 Å². The van der Waals surface area contributed by atoms with Gasteiger partial charge >= 0.3 is 0 Å². The number of aliphatic hydroxyl groups is 1. The van der Waals surface area contributed by atoms with Gasteiger partial charge in [-0.2, -0.15) is 0 Å². The van der Waals surface area contributed by atoms with E-state index < -0.39 is 0 Å². The molecule has 1 aromatic rings. The molecule has 1 fully saturated rings. The van der Waals surface area contributed by atoms with Crippen LogP contribution in [0.25, 0.3) is 0 Å². The number of nitrogens with zero attached hydrogens (tertiary/aromatic N) is 2. The topological polar surface area (TPSA) is 52.7 Å². The van der Waals surface area contributed by atoms with E-state index in [2.05, 4.69) is 9.80 Å². The molecule has 4 nitrogen and oxygen atoms in total. The van der Waals surface area contributed by atoms with Crippen LogP contribution in [-0.4, -0.2) is 54.2 Å². The molecule has 112 valence electrons. The van der Waals surface area contributed by atoms with Crippen LogP contribution < -0.4 is 5.73 Å². The predicted molar refractivity (Wildman–Crippen MR) is 77.7 cm³/mol. The first-order valence-electron chi connectivity index (χ1n) is 7.26. The van der Waals surface area contributed by atoms with Gasteiger partial charge in [0, 0.05) is 38.3 Å². The first-order valence-corrected chi connectivity index (χ1v) is 7.26. The van der Waals surface area contributed by atoms with E-state index in [1.165, 1.54) is 6.07 Å². The lowest BCUT2D eigenvalue weighted by Gasteiger charge is -2.21. The number of aliphatic hydroxyl groups excluding tert-OH is 1. The summed E-state index contributed by atoms with van der Waals surface area (Å²) in [6, 6.07) is 5.11. The summed E-state index contributed by atoms with van der Waals surface area (Å²) in [4.78, 5) is 4.53. The van der Waals surface area contributed by atoms with E-state index in [4.69, 9.17) is 10.8 Å². The molecular formula is C15H24FN3O. The van der Waals surface area contributed by atoms with Crippen molar-refractivity contribution in [1.82, 2.24) is 9.80 Å². The van der Waals surface area contributed by atoms with Crippen molar-refractivity contribution in [2.45, 2.75) is 19.5 Å². The van der Waals surface area contributed by atoms with E-state index in [1.54, 1.807) is 6.07 Å². The number of rotatable bonds is 5. The summed E-state index contributed by atoms with van der Waals surface area (Å²) in [7, 11) is 0. The van der Waals surface area contributed by atoms with Crippen molar-refractivity contribution < 1.29 is 9.50 Å². The molecule has 0 unspecified atom stereocenters. The molecule has 1 aliphatic heterocycles. The average Bonchev–Trinajstić information content (AvgIpc) is 2.67. The van der Waals surface area contributed by atoms with Crippen molar-refractivity contribution in [3.63, 3.8) is 0 Å². The number of halogens is 1. The van der Waals surface area contributed by atoms with Gasteiger partial charge in [-0.1, -0.05) is 12.1 Å². The summed E-state index contributed by atoms with van der Waals surface area (Å²) < 4.78 is 13.8. The van der Waals surface area contributed by atoms with E-state index in [9.17, 15) is 4.39 Å². The molecule has 0 radical (unpaired) electrons. The Morgan fingerprint density at radius 3 is 2.65 bits per heavy atom. The molecule has 20 heavy (non-hydrogen) atoms. The van der Waals surface area contributed by atoms with E-state index in [1.807, 2.05) is 6.07 Å². The Balaban J connectivity index is 1.96. The highest BCUT2D eigenvalue weighted by molar-refractivity contribution is 5.25. The maximum atomic E-state index is 13.8. The third kappa shape index (κ3) is 4.24. The third-order valence-corrected chi connectivity index (χ3v) is 3.84. The minimum absolute atomic E-state index is 0.154. The van der Waals surface area contributed by atoms with Crippen LogP contribution in [0, 0.1) is 5.82 Å². The molecule has 3 N–H and O–H groups in total. The molecule has 0 spiro atoms. The maximum absolute atomic E-state index is 13.8. The monoisotopic (exact) mass is 281 g/mol. The molecule has 1 saturated heterocycles. The summed E-state index contributed by atoms with van der Waals surface area (Å²) in [5.41, 5.74) is 7.31. The van der Waals surface area contributed by atoms with Crippen LogP contribution in [0.5, 0.6) is 0 Å². The fourth-order valence-electron chi connectivity index (χ4n) is 2.66. The Hall–Kier alpha value is -1.01. The molecule has 1 heterocycles. The van der Waals surface area contributed by atoms with Gasteiger partial charge in [0.05, 0.1) is 6.61 Å². The van der Waals surface area contributed by atoms with Gasteiger partial charge in [-0.05, 0) is 31.1 Å². The third-order valence-electron chi connectivity index (χ3n) is 3.84. The highest BCUT2D eigenvalue weighted by atomic mass is 19.1. The second kappa shape index (κ2) is 7.69. The van der Waals surface area contributed by atoms with Crippen LogP contribution in [0.4, 0.5) is 4.39 Å². The summed E-state index contributed by atoms with van der Waals surface area (Å²) in [5.74, 6) is -0.154. The van der Waals surface area contributed by atoms with Gasteiger partial charge in [0.2, 0.25) is 0 Å². The molecular weight excluding hydrogens is 257 g/mol. The second-order valence-electron chi connectivity index (χ2n) is 5.32. The number of hydrogen-bond donors (Lipinski definition) is 2. The molecule has 0 saturated carbocycles. The van der Waals surface area contributed by atoms with Crippen LogP contribution in [0.15, 0.2) is 18.2 Å². The Morgan fingerprint density at radius 1 is 1.15 bits per heavy atom. The van der Waals surface area contributed by atoms with Crippen LogP contribution in [0.2, 0.25) is 0 Å². The Bertz CT molecular complexity index is 428. The van der Waals surface area contributed by atoms with Crippen molar-refractivity contribution in [3.8, 4) is 0 Å².